The van der Waals surface area contributed by atoms with E-state index in [0.29, 0.717) is 6.61 Å². The number of carbonyl (C=O) groups excluding carboxylic acids is 1. The van der Waals surface area contributed by atoms with E-state index in [1.165, 1.54) is 12.8 Å². The van der Waals surface area contributed by atoms with Gasteiger partial charge in [0.1, 0.15) is 0 Å². The topological polar surface area (TPSA) is 41.6 Å². The summed E-state index contributed by atoms with van der Waals surface area (Å²) < 4.78 is 5.33. The van der Waals surface area contributed by atoms with Crippen LogP contribution in [0.15, 0.2) is 0 Å². The first kappa shape index (κ1) is 14.3. The molecule has 1 saturated heterocycles. The minimum atomic E-state index is -0.150. The van der Waals surface area contributed by atoms with Crippen LogP contribution in [-0.2, 0) is 4.74 Å². The van der Waals surface area contributed by atoms with Gasteiger partial charge < -0.3 is 15.0 Å². The van der Waals surface area contributed by atoms with Gasteiger partial charge in [-0.1, -0.05) is 26.2 Å². The summed E-state index contributed by atoms with van der Waals surface area (Å²) in [5.41, 5.74) is 0. The predicted octanol–water partition coefficient (Wildman–Crippen LogP) is 2.39. The van der Waals surface area contributed by atoms with Crippen LogP contribution >= 0.6 is 0 Å². The third-order valence-corrected chi connectivity index (χ3v) is 3.26. The highest BCUT2D eigenvalue weighted by atomic mass is 16.6. The van der Waals surface area contributed by atoms with E-state index < -0.39 is 0 Å². The second-order valence-electron chi connectivity index (χ2n) is 4.94. The Labute approximate surface area is 105 Å². The largest absolute Gasteiger partial charge is 0.449 e. The van der Waals surface area contributed by atoms with Crippen LogP contribution in [0, 0.1) is 0 Å². The van der Waals surface area contributed by atoms with E-state index in [9.17, 15) is 4.79 Å². The molecule has 100 valence electrons. The molecule has 1 N–H and O–H groups in total. The maximum absolute atomic E-state index is 11.9. The molecule has 4 heteroatoms. The molecule has 0 radical (unpaired) electrons. The van der Waals surface area contributed by atoms with E-state index in [1.807, 2.05) is 4.90 Å². The van der Waals surface area contributed by atoms with Gasteiger partial charge >= 0.3 is 6.09 Å². The number of ether oxygens (including phenoxy) is 1. The van der Waals surface area contributed by atoms with Crippen LogP contribution < -0.4 is 5.32 Å². The molecule has 0 aliphatic carbocycles. The van der Waals surface area contributed by atoms with Crippen molar-refractivity contribution >= 4 is 6.09 Å². The number of rotatable bonds is 5. The van der Waals surface area contributed by atoms with Gasteiger partial charge in [-0.15, -0.1) is 0 Å². The van der Waals surface area contributed by atoms with Gasteiger partial charge in [-0.3, -0.25) is 0 Å². The van der Waals surface area contributed by atoms with E-state index in [-0.39, 0.29) is 18.2 Å². The maximum atomic E-state index is 11.9. The smallest absolute Gasteiger partial charge is 0.410 e. The highest BCUT2D eigenvalue weighted by Gasteiger charge is 2.29. The van der Waals surface area contributed by atoms with Crippen molar-refractivity contribution in [3.05, 3.63) is 0 Å². The molecule has 4 nitrogen and oxygen atoms in total. The minimum absolute atomic E-state index is 0.150. The van der Waals surface area contributed by atoms with Crippen LogP contribution in [-0.4, -0.2) is 42.8 Å². The first-order chi connectivity index (χ1) is 8.16. The number of hydrogen-bond donors (Lipinski definition) is 1. The monoisotopic (exact) mass is 242 g/mol. The lowest BCUT2D eigenvalue weighted by atomic mass is 10.1. The summed E-state index contributed by atoms with van der Waals surface area (Å²) in [6.45, 7) is 8.56. The van der Waals surface area contributed by atoms with Crippen molar-refractivity contribution < 1.29 is 9.53 Å². The molecule has 0 aromatic carbocycles. The Kier molecular flexibility index (Phi) is 6.34. The first-order valence-electron chi connectivity index (χ1n) is 6.82. The van der Waals surface area contributed by atoms with Crippen LogP contribution in [0.1, 0.15) is 46.5 Å². The van der Waals surface area contributed by atoms with Gasteiger partial charge in [-0.2, -0.15) is 0 Å². The number of unbranched alkanes of at least 4 members (excludes halogenated alkanes) is 3. The van der Waals surface area contributed by atoms with Gasteiger partial charge in [-0.05, 0) is 20.3 Å². The van der Waals surface area contributed by atoms with Crippen molar-refractivity contribution in [1.29, 1.82) is 0 Å². The molecule has 0 aromatic rings. The average molecular weight is 242 g/mol. The summed E-state index contributed by atoms with van der Waals surface area (Å²) in [7, 11) is 0. The number of nitrogens with one attached hydrogen (secondary N) is 1. The molecule has 2 unspecified atom stereocenters. The molecule has 1 aliphatic heterocycles. The Hall–Kier alpha value is -0.770. The zero-order valence-corrected chi connectivity index (χ0v) is 11.4. The minimum Gasteiger partial charge on any atom is -0.449 e. The lowest BCUT2D eigenvalue weighted by molar-refractivity contribution is 0.0600. The summed E-state index contributed by atoms with van der Waals surface area (Å²) in [6, 6.07) is 0.448. The van der Waals surface area contributed by atoms with Gasteiger partial charge in [0.2, 0.25) is 0 Å². The number of piperazine rings is 1. The quantitative estimate of drug-likeness (QED) is 0.753. The van der Waals surface area contributed by atoms with Gasteiger partial charge in [0.15, 0.2) is 0 Å². The normalized spacial score (nSPS) is 24.8. The van der Waals surface area contributed by atoms with Crippen molar-refractivity contribution in [2.45, 2.75) is 58.5 Å². The number of carbonyl (C=O) groups is 1. The summed E-state index contributed by atoms with van der Waals surface area (Å²) in [4.78, 5) is 13.8. The fourth-order valence-corrected chi connectivity index (χ4v) is 2.25. The molecule has 1 heterocycles. The Balaban J connectivity index is 2.25. The standard InChI is InChI=1S/C13H26N2O2/c1-4-5-6-7-8-17-13(16)15-11(2)9-14-10-12(15)3/h11-12,14H,4-10H2,1-3H3. The summed E-state index contributed by atoms with van der Waals surface area (Å²) >= 11 is 0. The second-order valence-corrected chi connectivity index (χ2v) is 4.94. The molecule has 1 aliphatic rings. The molecule has 0 spiro atoms. The molecule has 0 saturated carbocycles. The van der Waals surface area contributed by atoms with Gasteiger partial charge in [0.05, 0.1) is 6.61 Å². The molecular formula is C13H26N2O2. The fraction of sp³-hybridized carbons (Fsp3) is 0.923. The Morgan fingerprint density at radius 3 is 2.47 bits per heavy atom. The van der Waals surface area contributed by atoms with E-state index in [0.717, 1.165) is 25.9 Å². The van der Waals surface area contributed by atoms with Crippen molar-refractivity contribution in [3.63, 3.8) is 0 Å². The Morgan fingerprint density at radius 2 is 1.88 bits per heavy atom. The number of hydrogen-bond acceptors (Lipinski definition) is 3. The molecule has 0 bridgehead atoms. The third kappa shape index (κ3) is 4.54. The molecule has 2 atom stereocenters. The Morgan fingerprint density at radius 1 is 1.24 bits per heavy atom. The van der Waals surface area contributed by atoms with Crippen molar-refractivity contribution in [3.8, 4) is 0 Å². The summed E-state index contributed by atoms with van der Waals surface area (Å²) in [6.07, 6.45) is 4.41. The van der Waals surface area contributed by atoms with Crippen molar-refractivity contribution in [2.75, 3.05) is 19.7 Å². The fourth-order valence-electron chi connectivity index (χ4n) is 2.25. The van der Waals surface area contributed by atoms with Crippen LogP contribution in [0.3, 0.4) is 0 Å². The lowest BCUT2D eigenvalue weighted by Crippen LogP contribution is -2.57. The van der Waals surface area contributed by atoms with E-state index >= 15 is 0 Å². The van der Waals surface area contributed by atoms with E-state index in [4.69, 9.17) is 4.74 Å². The van der Waals surface area contributed by atoms with Crippen LogP contribution in [0.5, 0.6) is 0 Å². The number of amides is 1. The third-order valence-electron chi connectivity index (χ3n) is 3.26. The summed E-state index contributed by atoms with van der Waals surface area (Å²) in [5, 5.41) is 3.30. The summed E-state index contributed by atoms with van der Waals surface area (Å²) in [5.74, 6) is 0. The van der Waals surface area contributed by atoms with E-state index in [2.05, 4.69) is 26.1 Å². The van der Waals surface area contributed by atoms with Crippen LogP contribution in [0.25, 0.3) is 0 Å². The average Bonchev–Trinajstić information content (AvgIpc) is 2.28. The molecule has 1 fully saturated rings. The molecular weight excluding hydrogens is 216 g/mol. The molecule has 17 heavy (non-hydrogen) atoms. The van der Waals surface area contributed by atoms with Gasteiger partial charge in [0.25, 0.3) is 0 Å². The molecule has 1 amide bonds. The van der Waals surface area contributed by atoms with Crippen LogP contribution in [0.2, 0.25) is 0 Å². The maximum Gasteiger partial charge on any atom is 0.410 e. The van der Waals surface area contributed by atoms with Gasteiger partial charge in [-0.25, -0.2) is 4.79 Å². The zero-order valence-electron chi connectivity index (χ0n) is 11.4. The molecule has 0 aromatic heterocycles. The van der Waals surface area contributed by atoms with E-state index in [1.54, 1.807) is 0 Å². The highest BCUT2D eigenvalue weighted by Crippen LogP contribution is 2.11. The zero-order chi connectivity index (χ0) is 12.7. The number of nitrogens with zero attached hydrogens (tertiary/aromatic N) is 1. The SMILES string of the molecule is CCCCCCOC(=O)N1C(C)CNCC1C. The highest BCUT2D eigenvalue weighted by molar-refractivity contribution is 5.68. The van der Waals surface area contributed by atoms with Crippen LogP contribution in [0.4, 0.5) is 4.79 Å². The second kappa shape index (κ2) is 7.54. The Bertz CT molecular complexity index is 223. The van der Waals surface area contributed by atoms with Gasteiger partial charge in [0, 0.05) is 25.2 Å². The predicted molar refractivity (Wildman–Crippen MR) is 69.1 cm³/mol. The molecule has 1 rings (SSSR count). The van der Waals surface area contributed by atoms with Crippen molar-refractivity contribution in [1.82, 2.24) is 10.2 Å². The van der Waals surface area contributed by atoms with Crippen molar-refractivity contribution in [2.24, 2.45) is 0 Å². The lowest BCUT2D eigenvalue weighted by Gasteiger charge is -2.38. The first-order valence-corrected chi connectivity index (χ1v) is 6.82.